The van der Waals surface area contributed by atoms with E-state index in [1.165, 1.54) is 0 Å². The molecule has 0 aliphatic heterocycles. The lowest BCUT2D eigenvalue weighted by molar-refractivity contribution is -0.405. The van der Waals surface area contributed by atoms with Crippen molar-refractivity contribution in [1.82, 2.24) is 0 Å². The monoisotopic (exact) mass is 288 g/mol. The maximum atomic E-state index is 5.59. The third-order valence-corrected chi connectivity index (χ3v) is 2.34. The third-order valence-electron chi connectivity index (χ3n) is 2.34. The van der Waals surface area contributed by atoms with Crippen molar-refractivity contribution < 1.29 is 14.5 Å². The molecule has 0 saturated carbocycles. The molecule has 1 atom stereocenters. The highest BCUT2D eigenvalue weighted by atomic mass is 17.2. The molecule has 5 nitrogen and oxygen atoms in total. The SMILES string of the molecule is COC(C)(C)CC(C)(N=NC(C)(C)C)OOC(C)(C)C. The Morgan fingerprint density at radius 1 is 0.750 bits per heavy atom. The first-order valence-corrected chi connectivity index (χ1v) is 7.04. The molecule has 0 aromatic carbocycles. The summed E-state index contributed by atoms with van der Waals surface area (Å²) in [6.45, 7) is 17.6. The lowest BCUT2D eigenvalue weighted by Gasteiger charge is -2.34. The maximum absolute atomic E-state index is 5.59. The van der Waals surface area contributed by atoms with Crippen molar-refractivity contribution in [2.45, 2.75) is 91.2 Å². The number of methoxy groups -OCH3 is 1. The molecule has 0 fully saturated rings. The van der Waals surface area contributed by atoms with Gasteiger partial charge in [-0.2, -0.15) is 10.2 Å². The van der Waals surface area contributed by atoms with E-state index in [9.17, 15) is 0 Å². The van der Waals surface area contributed by atoms with Crippen molar-refractivity contribution in [2.24, 2.45) is 10.2 Å². The van der Waals surface area contributed by atoms with Crippen LogP contribution >= 0.6 is 0 Å². The first-order chi connectivity index (χ1) is 8.68. The van der Waals surface area contributed by atoms with Crippen LogP contribution in [0, 0.1) is 0 Å². The highest BCUT2D eigenvalue weighted by molar-refractivity contribution is 4.82. The molecule has 5 heteroatoms. The lowest BCUT2D eigenvalue weighted by Crippen LogP contribution is -2.39. The predicted octanol–water partition coefficient (Wildman–Crippen LogP) is 4.52. The molecule has 0 aliphatic carbocycles. The third kappa shape index (κ3) is 9.39. The van der Waals surface area contributed by atoms with Gasteiger partial charge in [-0.1, -0.05) is 0 Å². The Labute approximate surface area is 124 Å². The Kier molecular flexibility index (Phi) is 6.33. The average Bonchev–Trinajstić information content (AvgIpc) is 2.22. The summed E-state index contributed by atoms with van der Waals surface area (Å²) in [6.07, 6.45) is 0.534. The number of hydrogen-bond acceptors (Lipinski definition) is 5. The summed E-state index contributed by atoms with van der Waals surface area (Å²) >= 11 is 0. The van der Waals surface area contributed by atoms with Gasteiger partial charge in [-0.25, -0.2) is 9.78 Å². The van der Waals surface area contributed by atoms with E-state index in [-0.39, 0.29) is 11.1 Å². The number of rotatable bonds is 6. The smallest absolute Gasteiger partial charge is 0.212 e. The summed E-state index contributed by atoms with van der Waals surface area (Å²) in [6, 6.07) is 0. The Morgan fingerprint density at radius 2 is 1.25 bits per heavy atom. The van der Waals surface area contributed by atoms with E-state index in [1.807, 2.05) is 62.3 Å². The van der Waals surface area contributed by atoms with Crippen LogP contribution in [0.4, 0.5) is 0 Å². The highest BCUT2D eigenvalue weighted by Gasteiger charge is 2.36. The molecule has 1 unspecified atom stereocenters. The summed E-state index contributed by atoms with van der Waals surface area (Å²) in [5.74, 6) is 0. The van der Waals surface area contributed by atoms with Gasteiger partial charge in [-0.3, -0.25) is 0 Å². The molecule has 0 spiro atoms. The molecule has 0 N–H and O–H groups in total. The Morgan fingerprint density at radius 3 is 1.60 bits per heavy atom. The second kappa shape index (κ2) is 6.50. The van der Waals surface area contributed by atoms with E-state index in [1.54, 1.807) is 7.11 Å². The summed E-state index contributed by atoms with van der Waals surface area (Å²) in [7, 11) is 1.67. The van der Waals surface area contributed by atoms with E-state index in [0.717, 1.165) is 0 Å². The first-order valence-electron chi connectivity index (χ1n) is 7.04. The number of ether oxygens (including phenoxy) is 1. The number of hydrogen-bond donors (Lipinski definition) is 0. The number of nitrogens with zero attached hydrogens (tertiary/aromatic N) is 2. The van der Waals surface area contributed by atoms with Crippen LogP contribution < -0.4 is 0 Å². The van der Waals surface area contributed by atoms with Gasteiger partial charge >= 0.3 is 0 Å². The molecule has 0 radical (unpaired) electrons. The molecule has 0 aromatic rings. The van der Waals surface area contributed by atoms with Crippen molar-refractivity contribution in [3.05, 3.63) is 0 Å². The minimum atomic E-state index is -0.889. The molecule has 0 aliphatic rings. The van der Waals surface area contributed by atoms with E-state index >= 15 is 0 Å². The minimum absolute atomic E-state index is 0.260. The minimum Gasteiger partial charge on any atom is -0.379 e. The van der Waals surface area contributed by atoms with Crippen LogP contribution in [0.3, 0.4) is 0 Å². The molecule has 0 amide bonds. The summed E-state index contributed by atoms with van der Waals surface area (Å²) in [5, 5.41) is 8.67. The summed E-state index contributed by atoms with van der Waals surface area (Å²) in [5.41, 5.74) is -1.94. The Hall–Kier alpha value is -0.520. The van der Waals surface area contributed by atoms with Gasteiger partial charge in [0.2, 0.25) is 5.72 Å². The Bertz CT molecular complexity index is 327. The van der Waals surface area contributed by atoms with Crippen LogP contribution in [-0.2, 0) is 14.5 Å². The maximum Gasteiger partial charge on any atom is 0.212 e. The molecular formula is C15H32N2O3. The zero-order valence-corrected chi connectivity index (χ0v) is 14.8. The lowest BCUT2D eigenvalue weighted by atomic mass is 9.97. The van der Waals surface area contributed by atoms with Crippen LogP contribution in [0.25, 0.3) is 0 Å². The van der Waals surface area contributed by atoms with Crippen LogP contribution in [0.1, 0.15) is 68.7 Å². The fourth-order valence-electron chi connectivity index (χ4n) is 1.41. The van der Waals surface area contributed by atoms with Gasteiger partial charge in [-0.05, 0) is 62.3 Å². The predicted molar refractivity (Wildman–Crippen MR) is 80.6 cm³/mol. The topological polar surface area (TPSA) is 52.4 Å². The van der Waals surface area contributed by atoms with Gasteiger partial charge < -0.3 is 4.74 Å². The second-order valence-electron chi connectivity index (χ2n) is 7.97. The zero-order valence-electron chi connectivity index (χ0n) is 14.8. The van der Waals surface area contributed by atoms with Crippen molar-refractivity contribution >= 4 is 0 Å². The van der Waals surface area contributed by atoms with Crippen molar-refractivity contribution in [2.75, 3.05) is 7.11 Å². The van der Waals surface area contributed by atoms with Gasteiger partial charge in [-0.15, -0.1) is 0 Å². The van der Waals surface area contributed by atoms with Crippen molar-refractivity contribution in [1.29, 1.82) is 0 Å². The van der Waals surface area contributed by atoms with Crippen LogP contribution in [0.2, 0.25) is 0 Å². The molecule has 0 bridgehead atoms. The quantitative estimate of drug-likeness (QED) is 0.410. The van der Waals surface area contributed by atoms with Crippen molar-refractivity contribution in [3.8, 4) is 0 Å². The second-order valence-corrected chi connectivity index (χ2v) is 7.97. The molecule has 20 heavy (non-hydrogen) atoms. The average molecular weight is 288 g/mol. The normalized spacial score (nSPS) is 17.5. The van der Waals surface area contributed by atoms with Gasteiger partial charge in [0.25, 0.3) is 0 Å². The van der Waals surface area contributed by atoms with Gasteiger partial charge in [0, 0.05) is 13.5 Å². The fraction of sp³-hybridized carbons (Fsp3) is 1.00. The zero-order chi connectivity index (χ0) is 16.2. The largest absolute Gasteiger partial charge is 0.379 e. The van der Waals surface area contributed by atoms with Crippen LogP contribution in [0.15, 0.2) is 10.2 Å². The van der Waals surface area contributed by atoms with Gasteiger partial charge in [0.1, 0.15) is 0 Å². The molecule has 0 saturated heterocycles. The van der Waals surface area contributed by atoms with E-state index < -0.39 is 11.3 Å². The number of azo groups is 1. The molecule has 0 aromatic heterocycles. The molecule has 120 valence electrons. The van der Waals surface area contributed by atoms with E-state index in [2.05, 4.69) is 10.2 Å². The summed E-state index contributed by atoms with van der Waals surface area (Å²) < 4.78 is 5.46. The van der Waals surface area contributed by atoms with Crippen molar-refractivity contribution in [3.63, 3.8) is 0 Å². The standard InChI is InChI=1S/C15H32N2O3/c1-12(2,3)16-17-15(9,11-14(7,8)18-10)20-19-13(4,5)6/h11H2,1-10H3. The van der Waals surface area contributed by atoms with Gasteiger partial charge in [0.15, 0.2) is 0 Å². The van der Waals surface area contributed by atoms with Crippen LogP contribution in [0.5, 0.6) is 0 Å². The fourth-order valence-corrected chi connectivity index (χ4v) is 1.41. The van der Waals surface area contributed by atoms with Crippen LogP contribution in [-0.4, -0.2) is 29.6 Å². The highest BCUT2D eigenvalue weighted by Crippen LogP contribution is 2.30. The molecule has 0 rings (SSSR count). The molecular weight excluding hydrogens is 256 g/mol. The Balaban J connectivity index is 5.08. The summed E-state index contributed by atoms with van der Waals surface area (Å²) in [4.78, 5) is 11.0. The first kappa shape index (κ1) is 19.5. The molecule has 0 heterocycles. The van der Waals surface area contributed by atoms with Gasteiger partial charge in [0.05, 0.1) is 16.7 Å². The van der Waals surface area contributed by atoms with E-state index in [0.29, 0.717) is 6.42 Å². The van der Waals surface area contributed by atoms with E-state index in [4.69, 9.17) is 14.5 Å².